The number of carbonyl (C=O) groups is 2. The summed E-state index contributed by atoms with van der Waals surface area (Å²) in [5, 5.41) is 5.39. The van der Waals surface area contributed by atoms with Crippen molar-refractivity contribution in [3.05, 3.63) is 53.6 Å². The molecule has 0 radical (unpaired) electrons. The van der Waals surface area contributed by atoms with Crippen LogP contribution in [0.4, 0.5) is 0 Å². The molecule has 0 saturated heterocycles. The lowest BCUT2D eigenvalue weighted by atomic mass is 10.2. The zero-order valence-electron chi connectivity index (χ0n) is 14.4. The zero-order valence-corrected chi connectivity index (χ0v) is 15.2. The third-order valence-electron chi connectivity index (χ3n) is 3.76. The minimum atomic E-state index is -0.326. The van der Waals surface area contributed by atoms with Crippen molar-refractivity contribution in [2.45, 2.75) is 11.8 Å². The minimum absolute atomic E-state index is 0.0670. The molecule has 6 nitrogen and oxygen atoms in total. The third-order valence-corrected chi connectivity index (χ3v) is 4.77. The van der Waals surface area contributed by atoms with Crippen molar-refractivity contribution in [3.8, 4) is 11.5 Å². The smallest absolute Gasteiger partial charge is 0.251 e. The predicted octanol–water partition coefficient (Wildman–Crippen LogP) is 2.36. The number of thioether (sulfide) groups is 1. The van der Waals surface area contributed by atoms with Crippen molar-refractivity contribution in [1.29, 1.82) is 0 Å². The summed E-state index contributed by atoms with van der Waals surface area (Å²) in [6, 6.07) is 13.2. The number of amides is 2. The molecule has 1 aliphatic heterocycles. The van der Waals surface area contributed by atoms with Gasteiger partial charge >= 0.3 is 0 Å². The van der Waals surface area contributed by atoms with Gasteiger partial charge in [-0.25, -0.2) is 0 Å². The van der Waals surface area contributed by atoms with Gasteiger partial charge in [0.2, 0.25) is 12.7 Å². The van der Waals surface area contributed by atoms with Gasteiger partial charge in [-0.3, -0.25) is 9.59 Å². The van der Waals surface area contributed by atoms with Crippen molar-refractivity contribution in [3.63, 3.8) is 0 Å². The predicted molar refractivity (Wildman–Crippen MR) is 99.8 cm³/mol. The van der Waals surface area contributed by atoms with Crippen LogP contribution in [0.5, 0.6) is 11.5 Å². The summed E-state index contributed by atoms with van der Waals surface area (Å²) in [5.41, 5.74) is 1.65. The highest BCUT2D eigenvalue weighted by atomic mass is 32.2. The number of hydrogen-bond acceptors (Lipinski definition) is 5. The van der Waals surface area contributed by atoms with E-state index in [0.717, 1.165) is 5.75 Å². The molecule has 0 saturated carbocycles. The Labute approximate surface area is 156 Å². The number of hydrogen-bond donors (Lipinski definition) is 2. The maximum Gasteiger partial charge on any atom is 0.251 e. The normalized spacial score (nSPS) is 11.9. The standard InChI is InChI=1S/C19H20N2O4S/c1-13-2-5-15(6-3-13)26-9-8-20-18(22)11-21-19(23)14-4-7-16-17(10-14)25-12-24-16/h2-7,10H,8-9,11-12H2,1H3,(H,20,22)(H,21,23). The van der Waals surface area contributed by atoms with Crippen LogP contribution in [0.15, 0.2) is 47.4 Å². The van der Waals surface area contributed by atoms with E-state index in [0.29, 0.717) is 23.6 Å². The molecule has 1 heterocycles. The molecule has 0 atom stereocenters. The van der Waals surface area contributed by atoms with Crippen LogP contribution in [-0.2, 0) is 4.79 Å². The van der Waals surface area contributed by atoms with E-state index in [1.807, 2.05) is 6.92 Å². The summed E-state index contributed by atoms with van der Waals surface area (Å²) in [7, 11) is 0. The molecule has 136 valence electrons. The van der Waals surface area contributed by atoms with Crippen molar-refractivity contribution < 1.29 is 19.1 Å². The Balaban J connectivity index is 1.36. The molecule has 0 spiro atoms. The number of nitrogens with one attached hydrogen (secondary N) is 2. The Morgan fingerprint density at radius 3 is 2.62 bits per heavy atom. The summed E-state index contributed by atoms with van der Waals surface area (Å²) in [6.45, 7) is 2.68. The Morgan fingerprint density at radius 1 is 1.04 bits per heavy atom. The number of fused-ring (bicyclic) bond motifs is 1. The van der Waals surface area contributed by atoms with Crippen LogP contribution >= 0.6 is 11.8 Å². The highest BCUT2D eigenvalue weighted by Gasteiger charge is 2.16. The molecular weight excluding hydrogens is 352 g/mol. The number of aryl methyl sites for hydroxylation is 1. The van der Waals surface area contributed by atoms with Crippen molar-refractivity contribution in [1.82, 2.24) is 10.6 Å². The largest absolute Gasteiger partial charge is 0.454 e. The SMILES string of the molecule is Cc1ccc(SCCNC(=O)CNC(=O)c2ccc3c(c2)OCO3)cc1. The van der Waals surface area contributed by atoms with Gasteiger partial charge in [-0.15, -0.1) is 11.8 Å². The van der Waals surface area contributed by atoms with Crippen LogP contribution in [0.1, 0.15) is 15.9 Å². The topological polar surface area (TPSA) is 76.7 Å². The molecule has 2 amide bonds. The van der Waals surface area contributed by atoms with Gasteiger partial charge in [0.05, 0.1) is 6.54 Å². The summed E-state index contributed by atoms with van der Waals surface area (Å²) in [5.74, 6) is 1.38. The van der Waals surface area contributed by atoms with Gasteiger partial charge in [0.15, 0.2) is 11.5 Å². The van der Waals surface area contributed by atoms with E-state index in [1.54, 1.807) is 30.0 Å². The van der Waals surface area contributed by atoms with Gasteiger partial charge in [0.25, 0.3) is 5.91 Å². The number of ether oxygens (including phenoxy) is 2. The van der Waals surface area contributed by atoms with Crippen LogP contribution in [0.2, 0.25) is 0 Å². The van der Waals surface area contributed by atoms with Crippen LogP contribution < -0.4 is 20.1 Å². The van der Waals surface area contributed by atoms with Gasteiger partial charge in [0.1, 0.15) is 0 Å². The number of rotatable bonds is 7. The van der Waals surface area contributed by atoms with Gasteiger partial charge in [0, 0.05) is 22.8 Å². The molecule has 0 bridgehead atoms. The van der Waals surface area contributed by atoms with Gasteiger partial charge in [-0.2, -0.15) is 0 Å². The lowest BCUT2D eigenvalue weighted by Gasteiger charge is -2.07. The molecule has 1 aliphatic rings. The average Bonchev–Trinajstić information content (AvgIpc) is 3.12. The second kappa shape index (κ2) is 8.62. The monoisotopic (exact) mass is 372 g/mol. The molecular formula is C19H20N2O4S. The van der Waals surface area contributed by atoms with Crippen molar-refractivity contribution in [2.75, 3.05) is 25.6 Å². The molecule has 2 N–H and O–H groups in total. The average molecular weight is 372 g/mol. The van der Waals surface area contributed by atoms with E-state index in [9.17, 15) is 9.59 Å². The minimum Gasteiger partial charge on any atom is -0.454 e. The first-order valence-electron chi connectivity index (χ1n) is 8.26. The fourth-order valence-electron chi connectivity index (χ4n) is 2.36. The van der Waals surface area contributed by atoms with Gasteiger partial charge in [-0.1, -0.05) is 17.7 Å². The van der Waals surface area contributed by atoms with Crippen LogP contribution in [0.3, 0.4) is 0 Å². The second-order valence-corrected chi connectivity index (χ2v) is 6.93. The number of carbonyl (C=O) groups excluding carboxylic acids is 2. The zero-order chi connectivity index (χ0) is 18.4. The first-order chi connectivity index (χ1) is 12.6. The summed E-state index contributed by atoms with van der Waals surface area (Å²) < 4.78 is 10.4. The first kappa shape index (κ1) is 18.1. The maximum absolute atomic E-state index is 12.1. The Morgan fingerprint density at radius 2 is 1.81 bits per heavy atom. The van der Waals surface area contributed by atoms with E-state index in [4.69, 9.17) is 9.47 Å². The Bertz CT molecular complexity index is 793. The fraction of sp³-hybridized carbons (Fsp3) is 0.263. The molecule has 0 aromatic heterocycles. The molecule has 0 fully saturated rings. The Kier molecular flexibility index (Phi) is 6.01. The van der Waals surface area contributed by atoms with Crippen molar-refractivity contribution in [2.24, 2.45) is 0 Å². The summed E-state index contributed by atoms with van der Waals surface area (Å²) in [6.07, 6.45) is 0. The summed E-state index contributed by atoms with van der Waals surface area (Å²) in [4.78, 5) is 25.1. The first-order valence-corrected chi connectivity index (χ1v) is 9.24. The lowest BCUT2D eigenvalue weighted by molar-refractivity contribution is -0.120. The molecule has 0 unspecified atom stereocenters. The van der Waals surface area contributed by atoms with E-state index in [2.05, 4.69) is 34.9 Å². The third kappa shape index (κ3) is 4.92. The molecule has 2 aromatic rings. The van der Waals surface area contributed by atoms with Crippen LogP contribution in [0.25, 0.3) is 0 Å². The van der Waals surface area contributed by atoms with E-state index in [-0.39, 0.29) is 25.2 Å². The van der Waals surface area contributed by atoms with Gasteiger partial charge in [-0.05, 0) is 37.3 Å². The maximum atomic E-state index is 12.1. The molecule has 26 heavy (non-hydrogen) atoms. The molecule has 0 aliphatic carbocycles. The number of benzene rings is 2. The molecule has 7 heteroatoms. The molecule has 2 aromatic carbocycles. The van der Waals surface area contributed by atoms with Crippen LogP contribution in [-0.4, -0.2) is 37.4 Å². The Hall–Kier alpha value is -2.67. The van der Waals surface area contributed by atoms with E-state index < -0.39 is 0 Å². The quantitative estimate of drug-likeness (QED) is 0.576. The van der Waals surface area contributed by atoms with Gasteiger partial charge < -0.3 is 20.1 Å². The van der Waals surface area contributed by atoms with Crippen molar-refractivity contribution >= 4 is 23.6 Å². The van der Waals surface area contributed by atoms with Crippen LogP contribution in [0, 0.1) is 6.92 Å². The lowest BCUT2D eigenvalue weighted by Crippen LogP contribution is -2.37. The van der Waals surface area contributed by atoms with E-state index >= 15 is 0 Å². The molecule has 3 rings (SSSR count). The summed E-state index contributed by atoms with van der Waals surface area (Å²) >= 11 is 1.68. The van der Waals surface area contributed by atoms with E-state index in [1.165, 1.54) is 10.5 Å². The second-order valence-electron chi connectivity index (χ2n) is 5.76. The highest BCUT2D eigenvalue weighted by molar-refractivity contribution is 7.99. The highest BCUT2D eigenvalue weighted by Crippen LogP contribution is 2.32. The fourth-order valence-corrected chi connectivity index (χ4v) is 3.13.